The van der Waals surface area contributed by atoms with E-state index < -0.39 is 6.43 Å². The molecular formula is C34H39F2N7O3. The Balaban J connectivity index is 1.02. The molecule has 2 aromatic heterocycles. The number of amides is 1. The highest BCUT2D eigenvalue weighted by atomic mass is 19.3. The molecule has 0 spiro atoms. The van der Waals surface area contributed by atoms with Crippen LogP contribution in [0.25, 0.3) is 16.9 Å². The van der Waals surface area contributed by atoms with Gasteiger partial charge in [-0.25, -0.2) is 13.8 Å². The fourth-order valence-electron chi connectivity index (χ4n) is 6.77. The SMILES string of the molecule is O=C(NC1CCN(c2ccccc2)CC1)C1CCC(Oc2cc(-n3c(C(F)F)nc4ccccc43)nc(N3CCOCC3)n2)CC1. The lowest BCUT2D eigenvalue weighted by atomic mass is 9.86. The van der Waals surface area contributed by atoms with Crippen LogP contribution in [0.1, 0.15) is 50.8 Å². The lowest BCUT2D eigenvalue weighted by Crippen LogP contribution is -2.47. The number of ether oxygens (including phenoxy) is 2. The Hall–Kier alpha value is -4.32. The van der Waals surface area contributed by atoms with Crippen molar-refractivity contribution >= 4 is 28.6 Å². The van der Waals surface area contributed by atoms with Gasteiger partial charge in [-0.1, -0.05) is 30.3 Å². The quantitative estimate of drug-likeness (QED) is 0.280. The molecule has 0 atom stereocenters. The Morgan fingerprint density at radius 1 is 0.848 bits per heavy atom. The number of hydrogen-bond acceptors (Lipinski definition) is 8. The largest absolute Gasteiger partial charge is 0.474 e. The number of fused-ring (bicyclic) bond motifs is 1. The molecule has 7 rings (SSSR count). The van der Waals surface area contributed by atoms with Crippen molar-refractivity contribution in [2.75, 3.05) is 49.2 Å². The molecule has 242 valence electrons. The van der Waals surface area contributed by atoms with Crippen LogP contribution in [0, 0.1) is 5.92 Å². The monoisotopic (exact) mass is 631 g/mol. The van der Waals surface area contributed by atoms with Crippen LogP contribution in [-0.2, 0) is 9.53 Å². The number of anilines is 2. The number of nitrogens with one attached hydrogen (secondary N) is 1. The van der Waals surface area contributed by atoms with Gasteiger partial charge >= 0.3 is 0 Å². The maximum Gasteiger partial charge on any atom is 0.296 e. The van der Waals surface area contributed by atoms with Crippen LogP contribution < -0.4 is 19.9 Å². The van der Waals surface area contributed by atoms with Gasteiger partial charge in [0.05, 0.1) is 24.2 Å². The molecule has 0 bridgehead atoms. The van der Waals surface area contributed by atoms with Gasteiger partial charge in [0, 0.05) is 49.9 Å². The van der Waals surface area contributed by atoms with Crippen molar-refractivity contribution in [3.63, 3.8) is 0 Å². The predicted molar refractivity (Wildman–Crippen MR) is 171 cm³/mol. The second-order valence-corrected chi connectivity index (χ2v) is 12.3. The Morgan fingerprint density at radius 3 is 2.30 bits per heavy atom. The van der Waals surface area contributed by atoms with Gasteiger partial charge in [-0.3, -0.25) is 9.36 Å². The van der Waals surface area contributed by atoms with E-state index in [9.17, 15) is 13.6 Å². The number of hydrogen-bond donors (Lipinski definition) is 1. The van der Waals surface area contributed by atoms with E-state index in [2.05, 4.69) is 39.5 Å². The standard InChI is InChI=1S/C34H39F2N7O3/c35-31(36)32-38-27-8-4-5-9-28(27)43(32)29-22-30(40-34(39-29)42-18-20-45-21-19-42)46-26-12-10-23(11-13-26)33(44)37-24-14-16-41(17-15-24)25-6-2-1-3-7-25/h1-9,22-24,26,31H,10-21H2,(H,37,44). The van der Waals surface area contributed by atoms with Crippen LogP contribution in [0.5, 0.6) is 5.88 Å². The first kappa shape index (κ1) is 30.3. The first-order valence-corrected chi connectivity index (χ1v) is 16.3. The van der Waals surface area contributed by atoms with Gasteiger partial charge in [0.2, 0.25) is 17.7 Å². The van der Waals surface area contributed by atoms with Crippen LogP contribution >= 0.6 is 0 Å². The van der Waals surface area contributed by atoms with E-state index in [1.54, 1.807) is 30.3 Å². The summed E-state index contributed by atoms with van der Waals surface area (Å²) in [6, 6.07) is 19.2. The van der Waals surface area contributed by atoms with Gasteiger partial charge in [0.25, 0.3) is 6.43 Å². The lowest BCUT2D eigenvalue weighted by molar-refractivity contribution is -0.127. The zero-order valence-corrected chi connectivity index (χ0v) is 25.7. The highest BCUT2D eigenvalue weighted by molar-refractivity contribution is 5.79. The van der Waals surface area contributed by atoms with E-state index in [4.69, 9.17) is 19.4 Å². The summed E-state index contributed by atoms with van der Waals surface area (Å²) in [5.41, 5.74) is 2.23. The number of nitrogens with zero attached hydrogens (tertiary/aromatic N) is 6. The minimum atomic E-state index is -2.79. The molecular weight excluding hydrogens is 592 g/mol. The number of morpholine rings is 1. The van der Waals surface area contributed by atoms with Crippen molar-refractivity contribution in [3.05, 3.63) is 66.5 Å². The summed E-state index contributed by atoms with van der Waals surface area (Å²) in [4.78, 5) is 31.2. The number of alkyl halides is 2. The zero-order chi connectivity index (χ0) is 31.5. The fraction of sp³-hybridized carbons (Fsp3) is 0.471. The van der Waals surface area contributed by atoms with E-state index >= 15 is 0 Å². The Bertz CT molecular complexity index is 1630. The average Bonchev–Trinajstić information content (AvgIpc) is 3.50. The highest BCUT2D eigenvalue weighted by Crippen LogP contribution is 2.32. The normalized spacial score (nSPS) is 21.1. The van der Waals surface area contributed by atoms with Crippen molar-refractivity contribution in [1.29, 1.82) is 0 Å². The van der Waals surface area contributed by atoms with E-state index in [1.165, 1.54) is 10.3 Å². The molecule has 1 aliphatic carbocycles. The van der Waals surface area contributed by atoms with Gasteiger partial charge in [-0.05, 0) is 62.8 Å². The average molecular weight is 632 g/mol. The van der Waals surface area contributed by atoms with Crippen LogP contribution in [0.15, 0.2) is 60.7 Å². The van der Waals surface area contributed by atoms with Crippen LogP contribution in [0.4, 0.5) is 20.4 Å². The summed E-state index contributed by atoms with van der Waals surface area (Å²) in [6.07, 6.45) is 1.76. The molecule has 1 amide bonds. The molecule has 1 saturated carbocycles. The third-order valence-electron chi connectivity index (χ3n) is 9.28. The summed E-state index contributed by atoms with van der Waals surface area (Å²) in [5.74, 6) is 0.700. The van der Waals surface area contributed by atoms with Gasteiger partial charge in [0.15, 0.2) is 5.82 Å². The molecule has 4 aromatic rings. The van der Waals surface area contributed by atoms with Crippen LogP contribution in [0.3, 0.4) is 0 Å². The Morgan fingerprint density at radius 2 is 1.57 bits per heavy atom. The van der Waals surface area contributed by atoms with E-state index in [0.29, 0.717) is 62.0 Å². The molecule has 3 fully saturated rings. The molecule has 0 radical (unpaired) electrons. The van der Waals surface area contributed by atoms with Gasteiger partial charge < -0.3 is 24.6 Å². The van der Waals surface area contributed by atoms with Gasteiger partial charge in [-0.15, -0.1) is 0 Å². The molecule has 12 heteroatoms. The molecule has 46 heavy (non-hydrogen) atoms. The summed E-state index contributed by atoms with van der Waals surface area (Å²) < 4.78 is 41.7. The minimum absolute atomic E-state index is 0.0530. The third-order valence-corrected chi connectivity index (χ3v) is 9.28. The maximum atomic E-state index is 14.2. The molecule has 2 aromatic carbocycles. The number of benzene rings is 2. The van der Waals surface area contributed by atoms with Crippen molar-refractivity contribution in [3.8, 4) is 11.7 Å². The smallest absolute Gasteiger partial charge is 0.296 e. The number of carbonyl (C=O) groups excluding carboxylic acids is 1. The molecule has 2 aliphatic heterocycles. The molecule has 1 N–H and O–H groups in total. The van der Waals surface area contributed by atoms with Gasteiger partial charge in [0.1, 0.15) is 11.9 Å². The van der Waals surface area contributed by atoms with Crippen molar-refractivity contribution < 1.29 is 23.0 Å². The molecule has 4 heterocycles. The summed E-state index contributed by atoms with van der Waals surface area (Å²) >= 11 is 0. The Labute approximate surface area is 266 Å². The highest BCUT2D eigenvalue weighted by Gasteiger charge is 2.31. The fourth-order valence-corrected chi connectivity index (χ4v) is 6.77. The first-order valence-electron chi connectivity index (χ1n) is 16.3. The van der Waals surface area contributed by atoms with Crippen molar-refractivity contribution in [1.82, 2.24) is 24.8 Å². The number of piperidine rings is 1. The number of aromatic nitrogens is 4. The van der Waals surface area contributed by atoms with Gasteiger partial charge in [-0.2, -0.15) is 9.97 Å². The molecule has 10 nitrogen and oxygen atoms in total. The number of para-hydroxylation sites is 3. The predicted octanol–water partition coefficient (Wildman–Crippen LogP) is 5.31. The molecule has 0 unspecified atom stereocenters. The Kier molecular flexibility index (Phi) is 8.96. The number of halogens is 2. The molecule has 2 saturated heterocycles. The number of rotatable bonds is 8. The van der Waals surface area contributed by atoms with Crippen molar-refractivity contribution in [2.45, 2.75) is 57.1 Å². The zero-order valence-electron chi connectivity index (χ0n) is 25.7. The first-order chi connectivity index (χ1) is 22.5. The second kappa shape index (κ2) is 13.6. The van der Waals surface area contributed by atoms with Crippen LogP contribution in [0.2, 0.25) is 0 Å². The van der Waals surface area contributed by atoms with Crippen molar-refractivity contribution in [2.24, 2.45) is 5.92 Å². The van der Waals surface area contributed by atoms with E-state index in [-0.39, 0.29) is 35.6 Å². The summed E-state index contributed by atoms with van der Waals surface area (Å²) in [7, 11) is 0. The van der Waals surface area contributed by atoms with Crippen LogP contribution in [-0.4, -0.2) is 77.0 Å². The number of carbonyl (C=O) groups is 1. The number of imidazole rings is 1. The van der Waals surface area contributed by atoms with E-state index in [1.807, 2.05) is 11.0 Å². The third kappa shape index (κ3) is 6.62. The lowest BCUT2D eigenvalue weighted by Gasteiger charge is -2.35. The topological polar surface area (TPSA) is 97.6 Å². The summed E-state index contributed by atoms with van der Waals surface area (Å²) in [6.45, 7) is 4.07. The summed E-state index contributed by atoms with van der Waals surface area (Å²) in [5, 5.41) is 3.31. The maximum absolute atomic E-state index is 14.2. The molecule has 3 aliphatic rings. The second-order valence-electron chi connectivity index (χ2n) is 12.3. The van der Waals surface area contributed by atoms with E-state index in [0.717, 1.165) is 38.8 Å². The minimum Gasteiger partial charge on any atom is -0.474 e.